The third kappa shape index (κ3) is 3.23. The van der Waals surface area contributed by atoms with Crippen molar-refractivity contribution in [3.63, 3.8) is 0 Å². The second-order valence-electron chi connectivity index (χ2n) is 4.74. The molecule has 0 spiro atoms. The fourth-order valence-electron chi connectivity index (χ4n) is 2.10. The summed E-state index contributed by atoms with van der Waals surface area (Å²) < 4.78 is 37.7. The lowest BCUT2D eigenvalue weighted by atomic mass is 10.0. The Balaban J connectivity index is 2.10. The van der Waals surface area contributed by atoms with Gasteiger partial charge < -0.3 is 5.11 Å². The summed E-state index contributed by atoms with van der Waals surface area (Å²) in [7, 11) is 0. The Kier molecular flexibility index (Phi) is 3.80. The van der Waals surface area contributed by atoms with Gasteiger partial charge in [-0.1, -0.05) is 13.0 Å². The molecule has 2 unspecified atom stereocenters. The Morgan fingerprint density at radius 1 is 1.53 bits per heavy atom. The number of hydrogen-bond donors (Lipinski definition) is 1. The highest BCUT2D eigenvalue weighted by Gasteiger charge is 2.33. The van der Waals surface area contributed by atoms with E-state index in [1.807, 2.05) is 0 Å². The number of carboxylic acids is 1. The molecule has 104 valence electrons. The first-order chi connectivity index (χ1) is 8.77. The van der Waals surface area contributed by atoms with Crippen LogP contribution in [-0.4, -0.2) is 16.3 Å². The van der Waals surface area contributed by atoms with Gasteiger partial charge >= 0.3 is 12.1 Å². The summed E-state index contributed by atoms with van der Waals surface area (Å²) in [6.45, 7) is 1.62. The molecule has 0 aliphatic carbocycles. The van der Waals surface area contributed by atoms with Crippen molar-refractivity contribution in [1.29, 1.82) is 0 Å². The monoisotopic (exact) mass is 290 g/mol. The number of rotatable bonds is 3. The van der Waals surface area contributed by atoms with Crippen molar-refractivity contribution in [3.05, 3.63) is 29.3 Å². The van der Waals surface area contributed by atoms with Crippen molar-refractivity contribution in [2.75, 3.05) is 0 Å². The van der Waals surface area contributed by atoms with Crippen LogP contribution in [0.4, 0.5) is 13.2 Å². The Labute approximate surface area is 113 Å². The summed E-state index contributed by atoms with van der Waals surface area (Å²) in [6, 6.07) is 3.74. The van der Waals surface area contributed by atoms with E-state index in [1.165, 1.54) is 17.8 Å². The molecule has 0 fully saturated rings. The molecule has 0 radical (unpaired) electrons. The van der Waals surface area contributed by atoms with Gasteiger partial charge in [0.1, 0.15) is 0 Å². The molecular formula is C13H13F3O2S. The highest BCUT2D eigenvalue weighted by molar-refractivity contribution is 8.00. The number of carbonyl (C=O) groups is 1. The highest BCUT2D eigenvalue weighted by atomic mass is 32.2. The van der Waals surface area contributed by atoms with Gasteiger partial charge in [0.15, 0.2) is 0 Å². The van der Waals surface area contributed by atoms with E-state index in [-0.39, 0.29) is 5.25 Å². The molecule has 1 aromatic carbocycles. The van der Waals surface area contributed by atoms with E-state index in [4.69, 9.17) is 5.11 Å². The minimum absolute atomic E-state index is 0.0459. The fourth-order valence-corrected chi connectivity index (χ4v) is 3.61. The van der Waals surface area contributed by atoms with Gasteiger partial charge in [-0.3, -0.25) is 4.79 Å². The van der Waals surface area contributed by atoms with Gasteiger partial charge in [0, 0.05) is 10.1 Å². The van der Waals surface area contributed by atoms with Gasteiger partial charge in [-0.2, -0.15) is 13.2 Å². The van der Waals surface area contributed by atoms with Crippen LogP contribution in [-0.2, 0) is 17.4 Å². The van der Waals surface area contributed by atoms with Crippen LogP contribution in [0, 0.1) is 5.92 Å². The number of benzene rings is 1. The Hall–Kier alpha value is -1.17. The molecule has 0 saturated carbocycles. The molecule has 2 rings (SSSR count). The molecule has 2 atom stereocenters. The minimum atomic E-state index is -4.33. The van der Waals surface area contributed by atoms with E-state index < -0.39 is 23.6 Å². The lowest BCUT2D eigenvalue weighted by Gasteiger charge is -2.11. The molecule has 1 N–H and O–H groups in total. The third-order valence-corrected chi connectivity index (χ3v) is 4.50. The SMILES string of the molecule is CC(CC1Cc2ccc(C(F)(F)F)cc2S1)C(=O)O. The van der Waals surface area contributed by atoms with Gasteiger partial charge in [0.2, 0.25) is 0 Å². The van der Waals surface area contributed by atoms with Crippen LogP contribution in [0.25, 0.3) is 0 Å². The molecular weight excluding hydrogens is 277 g/mol. The second-order valence-corrected chi connectivity index (χ2v) is 6.08. The summed E-state index contributed by atoms with van der Waals surface area (Å²) in [5, 5.41) is 8.90. The summed E-state index contributed by atoms with van der Waals surface area (Å²) in [5.41, 5.74) is 0.228. The molecule has 6 heteroatoms. The number of alkyl halides is 3. The van der Waals surface area contributed by atoms with Crippen molar-refractivity contribution in [2.24, 2.45) is 5.92 Å². The Bertz CT molecular complexity index is 499. The molecule has 0 amide bonds. The number of halogens is 3. The van der Waals surface area contributed by atoms with Gasteiger partial charge in [0.25, 0.3) is 0 Å². The molecule has 1 aromatic rings. The standard InChI is InChI=1S/C13H13F3O2S/c1-7(12(17)18)4-10-5-8-2-3-9(13(14,15)16)6-11(8)19-10/h2-3,6-7,10H,4-5H2,1H3,(H,17,18). The highest BCUT2D eigenvalue weighted by Crippen LogP contribution is 2.42. The maximum atomic E-state index is 12.6. The predicted molar refractivity (Wildman–Crippen MR) is 66.2 cm³/mol. The largest absolute Gasteiger partial charge is 0.481 e. The van der Waals surface area contributed by atoms with Crippen LogP contribution in [0.5, 0.6) is 0 Å². The summed E-state index contributed by atoms with van der Waals surface area (Å²) in [5.74, 6) is -1.35. The maximum Gasteiger partial charge on any atom is 0.416 e. The number of carboxylic acid groups (broad SMARTS) is 1. The summed E-state index contributed by atoms with van der Waals surface area (Å²) >= 11 is 1.35. The topological polar surface area (TPSA) is 37.3 Å². The quantitative estimate of drug-likeness (QED) is 0.919. The lowest BCUT2D eigenvalue weighted by molar-refractivity contribution is -0.141. The third-order valence-electron chi connectivity index (χ3n) is 3.17. The smallest absolute Gasteiger partial charge is 0.416 e. The van der Waals surface area contributed by atoms with Gasteiger partial charge in [0.05, 0.1) is 11.5 Å². The van der Waals surface area contributed by atoms with E-state index in [9.17, 15) is 18.0 Å². The molecule has 0 saturated heterocycles. The average molecular weight is 290 g/mol. The van der Waals surface area contributed by atoms with Crippen LogP contribution in [0.3, 0.4) is 0 Å². The van der Waals surface area contributed by atoms with Crippen molar-refractivity contribution >= 4 is 17.7 Å². The first-order valence-electron chi connectivity index (χ1n) is 5.87. The van der Waals surface area contributed by atoms with Crippen LogP contribution in [0.1, 0.15) is 24.5 Å². The molecule has 2 nitrogen and oxygen atoms in total. The van der Waals surface area contributed by atoms with E-state index in [0.29, 0.717) is 17.7 Å². The predicted octanol–water partition coefficient (Wildman–Crippen LogP) is 3.83. The molecule has 0 bridgehead atoms. The number of fused-ring (bicyclic) bond motifs is 1. The molecule has 1 aliphatic heterocycles. The van der Waals surface area contributed by atoms with Gasteiger partial charge in [-0.25, -0.2) is 0 Å². The zero-order chi connectivity index (χ0) is 14.2. The van der Waals surface area contributed by atoms with E-state index in [0.717, 1.165) is 17.7 Å². The normalized spacial score (nSPS) is 20.1. The zero-order valence-electron chi connectivity index (χ0n) is 10.2. The van der Waals surface area contributed by atoms with Crippen molar-refractivity contribution < 1.29 is 23.1 Å². The fraction of sp³-hybridized carbons (Fsp3) is 0.462. The first kappa shape index (κ1) is 14.2. The molecule has 19 heavy (non-hydrogen) atoms. The summed E-state index contributed by atoms with van der Waals surface area (Å²) in [4.78, 5) is 11.4. The van der Waals surface area contributed by atoms with Crippen LogP contribution in [0.2, 0.25) is 0 Å². The number of aliphatic carboxylic acids is 1. The van der Waals surface area contributed by atoms with E-state index >= 15 is 0 Å². The van der Waals surface area contributed by atoms with Crippen LogP contribution >= 0.6 is 11.8 Å². The van der Waals surface area contributed by atoms with Crippen molar-refractivity contribution in [3.8, 4) is 0 Å². The zero-order valence-corrected chi connectivity index (χ0v) is 11.0. The van der Waals surface area contributed by atoms with E-state index in [2.05, 4.69) is 0 Å². The average Bonchev–Trinajstić information content (AvgIpc) is 2.68. The van der Waals surface area contributed by atoms with Crippen LogP contribution in [0.15, 0.2) is 23.1 Å². The summed E-state index contributed by atoms with van der Waals surface area (Å²) in [6.07, 6.45) is -3.23. The number of hydrogen-bond acceptors (Lipinski definition) is 2. The Morgan fingerprint density at radius 3 is 2.79 bits per heavy atom. The lowest BCUT2D eigenvalue weighted by Crippen LogP contribution is -2.15. The van der Waals surface area contributed by atoms with Gasteiger partial charge in [-0.15, -0.1) is 11.8 Å². The molecule has 1 aliphatic rings. The van der Waals surface area contributed by atoms with Crippen LogP contribution < -0.4 is 0 Å². The van der Waals surface area contributed by atoms with Crippen molar-refractivity contribution in [2.45, 2.75) is 36.1 Å². The molecule has 0 aromatic heterocycles. The first-order valence-corrected chi connectivity index (χ1v) is 6.75. The number of thioether (sulfide) groups is 1. The molecule has 1 heterocycles. The van der Waals surface area contributed by atoms with Crippen molar-refractivity contribution in [1.82, 2.24) is 0 Å². The second kappa shape index (κ2) is 5.07. The maximum absolute atomic E-state index is 12.6. The Morgan fingerprint density at radius 2 is 2.21 bits per heavy atom. The van der Waals surface area contributed by atoms with Gasteiger partial charge in [-0.05, 0) is 30.5 Å². The minimum Gasteiger partial charge on any atom is -0.481 e. The van der Waals surface area contributed by atoms with E-state index in [1.54, 1.807) is 6.92 Å².